The molecule has 0 aliphatic rings. The van der Waals surface area contributed by atoms with Crippen molar-refractivity contribution < 1.29 is 9.53 Å². The molecule has 27 heavy (non-hydrogen) atoms. The van der Waals surface area contributed by atoms with Crippen LogP contribution in [0.15, 0.2) is 34.4 Å². The second-order valence-electron chi connectivity index (χ2n) is 8.02. The van der Waals surface area contributed by atoms with Gasteiger partial charge in [0, 0.05) is 5.41 Å². The molecule has 0 N–H and O–H groups in total. The molecule has 0 aliphatic heterocycles. The second kappa shape index (κ2) is 13.8. The molecule has 0 aromatic carbocycles. The molecule has 0 saturated heterocycles. The van der Waals surface area contributed by atoms with Crippen molar-refractivity contribution in [3.8, 4) is 0 Å². The molecule has 0 aliphatic carbocycles. The lowest BCUT2D eigenvalue weighted by molar-refractivity contribution is -0.143. The molecule has 0 bridgehead atoms. The van der Waals surface area contributed by atoms with Crippen LogP contribution in [0.2, 0.25) is 0 Å². The van der Waals surface area contributed by atoms with Crippen LogP contribution < -0.4 is 0 Å². The van der Waals surface area contributed by atoms with Crippen LogP contribution in [0.4, 0.5) is 0 Å². The van der Waals surface area contributed by atoms with Crippen molar-refractivity contribution in [1.29, 1.82) is 0 Å². The second-order valence-corrected chi connectivity index (χ2v) is 8.02. The van der Waals surface area contributed by atoms with Crippen LogP contribution in [0.3, 0.4) is 0 Å². The van der Waals surface area contributed by atoms with Crippen molar-refractivity contribution in [3.05, 3.63) is 34.4 Å². The lowest BCUT2D eigenvalue weighted by Gasteiger charge is -2.33. The van der Waals surface area contributed by atoms with Gasteiger partial charge in [-0.3, -0.25) is 0 Å². The molecular weight excluding hydrogens is 332 g/mol. The first-order chi connectivity index (χ1) is 12.8. The fraction of sp³-hybridized carbons (Fsp3) is 0.720. The molecule has 0 amide bonds. The topological polar surface area (TPSA) is 26.3 Å². The third-order valence-electron chi connectivity index (χ3n) is 5.15. The number of carbonyl (C=O) groups is 1. The standard InChI is InChI=1S/C25H44O2/c1-9-14-21(8)23(20(6)7)22(15-10-2)24(26)27-19-25(16-11-3,17-12-4)18-13-5/h14-15H,9-13,16-19H2,1-8H3/b21-14-,22-15+. The number of carbonyl (C=O) groups excluding carboxylic acids is 1. The zero-order chi connectivity index (χ0) is 20.9. The Bertz CT molecular complexity index is 514. The van der Waals surface area contributed by atoms with E-state index >= 15 is 0 Å². The summed E-state index contributed by atoms with van der Waals surface area (Å²) < 4.78 is 5.97. The normalized spacial score (nSPS) is 12.9. The molecule has 0 rings (SSSR count). The number of hydrogen-bond donors (Lipinski definition) is 0. The lowest BCUT2D eigenvalue weighted by atomic mass is 9.76. The van der Waals surface area contributed by atoms with E-state index in [2.05, 4.69) is 61.5 Å². The zero-order valence-corrected chi connectivity index (χ0v) is 19.3. The van der Waals surface area contributed by atoms with Crippen LogP contribution in [0.25, 0.3) is 0 Å². The predicted octanol–water partition coefficient (Wildman–Crippen LogP) is 7.95. The van der Waals surface area contributed by atoms with Crippen molar-refractivity contribution in [2.24, 2.45) is 5.41 Å². The highest BCUT2D eigenvalue weighted by Crippen LogP contribution is 2.36. The summed E-state index contributed by atoms with van der Waals surface area (Å²) in [6.07, 6.45) is 12.8. The Morgan fingerprint density at radius 1 is 0.815 bits per heavy atom. The van der Waals surface area contributed by atoms with Crippen LogP contribution >= 0.6 is 0 Å². The maximum atomic E-state index is 13.1. The summed E-state index contributed by atoms with van der Waals surface area (Å²) >= 11 is 0. The third kappa shape index (κ3) is 8.49. The fourth-order valence-electron chi connectivity index (χ4n) is 4.25. The average Bonchev–Trinajstić information content (AvgIpc) is 2.60. The summed E-state index contributed by atoms with van der Waals surface area (Å²) in [5.41, 5.74) is 4.24. The number of esters is 1. The summed E-state index contributed by atoms with van der Waals surface area (Å²) in [5.74, 6) is -0.162. The maximum absolute atomic E-state index is 13.1. The molecule has 156 valence electrons. The first-order valence-electron chi connectivity index (χ1n) is 11.0. The molecule has 0 unspecified atom stereocenters. The molecular formula is C25H44O2. The van der Waals surface area contributed by atoms with Gasteiger partial charge in [0.15, 0.2) is 0 Å². The van der Waals surface area contributed by atoms with E-state index in [1.807, 2.05) is 6.08 Å². The van der Waals surface area contributed by atoms with E-state index in [1.165, 1.54) is 0 Å². The summed E-state index contributed by atoms with van der Waals surface area (Å²) in [6, 6.07) is 0. The van der Waals surface area contributed by atoms with Gasteiger partial charge in [-0.1, -0.05) is 71.6 Å². The first-order valence-corrected chi connectivity index (χ1v) is 11.0. The predicted molar refractivity (Wildman–Crippen MR) is 119 cm³/mol. The van der Waals surface area contributed by atoms with E-state index in [1.54, 1.807) is 0 Å². The smallest absolute Gasteiger partial charge is 0.338 e. The molecule has 2 heteroatoms. The van der Waals surface area contributed by atoms with Gasteiger partial charge in [-0.15, -0.1) is 0 Å². The van der Waals surface area contributed by atoms with Crippen molar-refractivity contribution in [2.45, 2.75) is 107 Å². The van der Waals surface area contributed by atoms with Crippen molar-refractivity contribution >= 4 is 5.97 Å². The van der Waals surface area contributed by atoms with Crippen LogP contribution in [-0.4, -0.2) is 12.6 Å². The minimum absolute atomic E-state index is 0.130. The van der Waals surface area contributed by atoms with Crippen LogP contribution in [0.5, 0.6) is 0 Å². The number of allylic oxidation sites excluding steroid dienone is 4. The van der Waals surface area contributed by atoms with E-state index in [9.17, 15) is 4.79 Å². The Balaban J connectivity index is 5.64. The quantitative estimate of drug-likeness (QED) is 0.185. The number of hydrogen-bond acceptors (Lipinski definition) is 2. The van der Waals surface area contributed by atoms with E-state index in [4.69, 9.17) is 4.74 Å². The minimum atomic E-state index is -0.162. The van der Waals surface area contributed by atoms with Gasteiger partial charge < -0.3 is 4.74 Å². The largest absolute Gasteiger partial charge is 0.461 e. The highest BCUT2D eigenvalue weighted by atomic mass is 16.5. The molecule has 0 saturated carbocycles. The van der Waals surface area contributed by atoms with Gasteiger partial charge in [0.05, 0.1) is 12.2 Å². The van der Waals surface area contributed by atoms with Gasteiger partial charge in [0.25, 0.3) is 0 Å². The molecule has 0 atom stereocenters. The average molecular weight is 377 g/mol. The van der Waals surface area contributed by atoms with E-state index in [0.29, 0.717) is 6.61 Å². The molecule has 0 fully saturated rings. The van der Waals surface area contributed by atoms with Crippen LogP contribution in [-0.2, 0) is 9.53 Å². The Hall–Kier alpha value is -1.31. The Labute approximate surface area is 169 Å². The van der Waals surface area contributed by atoms with Crippen molar-refractivity contribution in [1.82, 2.24) is 0 Å². The Kier molecular flexibility index (Phi) is 13.1. The minimum Gasteiger partial charge on any atom is -0.461 e. The van der Waals surface area contributed by atoms with Gasteiger partial charge in [-0.2, -0.15) is 0 Å². The van der Waals surface area contributed by atoms with Gasteiger partial charge in [-0.05, 0) is 64.0 Å². The van der Waals surface area contributed by atoms with Gasteiger partial charge >= 0.3 is 5.97 Å². The molecule has 0 radical (unpaired) electrons. The molecule has 0 aromatic rings. The summed E-state index contributed by atoms with van der Waals surface area (Å²) in [6.45, 7) is 17.7. The van der Waals surface area contributed by atoms with Crippen molar-refractivity contribution in [3.63, 3.8) is 0 Å². The SMILES string of the molecule is CC/C=C(/C)C(=C(C)C)/C(=C\CC)C(=O)OCC(CCC)(CCC)CCC. The van der Waals surface area contributed by atoms with Crippen LogP contribution in [0.1, 0.15) is 107 Å². The highest BCUT2D eigenvalue weighted by molar-refractivity contribution is 5.95. The highest BCUT2D eigenvalue weighted by Gasteiger charge is 2.30. The summed E-state index contributed by atoms with van der Waals surface area (Å²) in [5, 5.41) is 0. The fourth-order valence-corrected chi connectivity index (χ4v) is 4.25. The van der Waals surface area contributed by atoms with Crippen molar-refractivity contribution in [2.75, 3.05) is 6.61 Å². The molecule has 0 heterocycles. The maximum Gasteiger partial charge on any atom is 0.338 e. The third-order valence-corrected chi connectivity index (χ3v) is 5.15. The van der Waals surface area contributed by atoms with Gasteiger partial charge in [-0.25, -0.2) is 4.79 Å². The number of rotatable bonds is 13. The van der Waals surface area contributed by atoms with E-state index in [-0.39, 0.29) is 11.4 Å². The molecule has 2 nitrogen and oxygen atoms in total. The van der Waals surface area contributed by atoms with E-state index < -0.39 is 0 Å². The van der Waals surface area contributed by atoms with Crippen LogP contribution in [0, 0.1) is 5.41 Å². The summed E-state index contributed by atoms with van der Waals surface area (Å²) in [4.78, 5) is 13.1. The van der Waals surface area contributed by atoms with Gasteiger partial charge in [0.2, 0.25) is 0 Å². The number of ether oxygens (including phenoxy) is 1. The molecule has 0 spiro atoms. The lowest BCUT2D eigenvalue weighted by Crippen LogP contribution is -2.29. The monoisotopic (exact) mass is 376 g/mol. The first kappa shape index (κ1) is 25.7. The summed E-state index contributed by atoms with van der Waals surface area (Å²) in [7, 11) is 0. The van der Waals surface area contributed by atoms with Gasteiger partial charge in [0.1, 0.15) is 0 Å². The Morgan fingerprint density at radius 3 is 1.67 bits per heavy atom. The molecule has 0 aromatic heterocycles. The Morgan fingerprint density at radius 2 is 1.30 bits per heavy atom. The zero-order valence-electron chi connectivity index (χ0n) is 19.3. The van der Waals surface area contributed by atoms with E-state index in [0.717, 1.165) is 73.7 Å².